The summed E-state index contributed by atoms with van der Waals surface area (Å²) >= 11 is 0. The van der Waals surface area contributed by atoms with Gasteiger partial charge in [-0.05, 0) is 73.6 Å². The number of benzene rings is 2. The Morgan fingerprint density at radius 2 is 1.40 bits per heavy atom. The summed E-state index contributed by atoms with van der Waals surface area (Å²) in [5.74, 6) is -5.02. The van der Waals surface area contributed by atoms with Crippen LogP contribution in [0, 0.1) is 11.8 Å². The molecule has 314 valence electrons. The molecule has 1 aliphatic rings. The third-order valence-corrected chi connectivity index (χ3v) is 9.63. The van der Waals surface area contributed by atoms with E-state index in [0.29, 0.717) is 52.2 Å². The topological polar surface area (TPSA) is 285 Å². The second-order valence-electron chi connectivity index (χ2n) is 14.0. The average molecular weight is 801 g/mol. The van der Waals surface area contributed by atoms with E-state index in [1.807, 2.05) is 42.5 Å². The summed E-state index contributed by atoms with van der Waals surface area (Å²) in [6.07, 6.45) is 2.56. The van der Waals surface area contributed by atoms with Gasteiger partial charge in [0.1, 0.15) is 24.7 Å². The maximum Gasteiger partial charge on any atom is 0.326 e. The summed E-state index contributed by atoms with van der Waals surface area (Å²) in [5, 5.41) is 42.7. The highest BCUT2D eigenvalue weighted by Crippen LogP contribution is 2.29. The van der Waals surface area contributed by atoms with Crippen molar-refractivity contribution in [2.75, 3.05) is 46.1 Å². The SMILES string of the molecule is NCCOCCOCC(=O)NCC1CCC(C(=O)NC(Cc2ccc3ccccc3c2)C(=O)NCCCCC(NC(=O)NC(CCC(=O)O)C(=O)O)C(=O)O)CC1. The van der Waals surface area contributed by atoms with E-state index in [1.54, 1.807) is 0 Å². The van der Waals surface area contributed by atoms with Crippen molar-refractivity contribution < 1.29 is 58.4 Å². The number of urea groups is 1. The Hall–Kier alpha value is -5.33. The van der Waals surface area contributed by atoms with E-state index < -0.39 is 54.4 Å². The molecule has 1 fully saturated rings. The summed E-state index contributed by atoms with van der Waals surface area (Å²) in [6.45, 7) is 2.06. The molecule has 0 spiro atoms. The van der Waals surface area contributed by atoms with Crippen LogP contribution in [0.1, 0.15) is 63.4 Å². The first kappa shape index (κ1) is 46.1. The quantitative estimate of drug-likeness (QED) is 0.0605. The Bertz CT molecular complexity index is 1650. The lowest BCUT2D eigenvalue weighted by Crippen LogP contribution is -2.51. The van der Waals surface area contributed by atoms with Gasteiger partial charge >= 0.3 is 23.9 Å². The molecule has 0 aliphatic heterocycles. The number of nitrogens with one attached hydrogen (secondary N) is 5. The smallest absolute Gasteiger partial charge is 0.326 e. The van der Waals surface area contributed by atoms with Gasteiger partial charge in [-0.2, -0.15) is 0 Å². The zero-order valence-corrected chi connectivity index (χ0v) is 32.0. The van der Waals surface area contributed by atoms with Crippen molar-refractivity contribution in [3.8, 4) is 0 Å². The summed E-state index contributed by atoms with van der Waals surface area (Å²) in [7, 11) is 0. The van der Waals surface area contributed by atoms with Crippen LogP contribution >= 0.6 is 0 Å². The fraction of sp³-hybridized carbons (Fsp3) is 0.564. The van der Waals surface area contributed by atoms with E-state index in [0.717, 1.165) is 29.2 Å². The molecule has 57 heavy (non-hydrogen) atoms. The normalized spacial score (nSPS) is 16.7. The highest BCUT2D eigenvalue weighted by molar-refractivity contribution is 5.89. The Morgan fingerprint density at radius 1 is 0.737 bits per heavy atom. The molecule has 0 aromatic heterocycles. The van der Waals surface area contributed by atoms with E-state index in [2.05, 4.69) is 26.6 Å². The lowest BCUT2D eigenvalue weighted by atomic mass is 9.81. The van der Waals surface area contributed by atoms with Crippen molar-refractivity contribution in [3.63, 3.8) is 0 Å². The van der Waals surface area contributed by atoms with Gasteiger partial charge in [-0.25, -0.2) is 14.4 Å². The molecule has 3 atom stereocenters. The maximum atomic E-state index is 13.5. The fourth-order valence-electron chi connectivity index (χ4n) is 6.46. The predicted molar refractivity (Wildman–Crippen MR) is 207 cm³/mol. The summed E-state index contributed by atoms with van der Waals surface area (Å²) in [6, 6.07) is 8.79. The third kappa shape index (κ3) is 17.6. The highest BCUT2D eigenvalue weighted by Gasteiger charge is 2.30. The van der Waals surface area contributed by atoms with E-state index in [4.69, 9.17) is 20.3 Å². The number of rotatable bonds is 26. The number of carboxylic acid groups (broad SMARTS) is 3. The number of carbonyl (C=O) groups excluding carboxylic acids is 4. The Labute approximate surface area is 331 Å². The Balaban J connectivity index is 1.50. The number of hydrogen-bond donors (Lipinski definition) is 9. The minimum atomic E-state index is -1.52. The summed E-state index contributed by atoms with van der Waals surface area (Å²) in [4.78, 5) is 85.5. The van der Waals surface area contributed by atoms with E-state index in [1.165, 1.54) is 0 Å². The summed E-state index contributed by atoms with van der Waals surface area (Å²) in [5.41, 5.74) is 6.21. The van der Waals surface area contributed by atoms with Crippen LogP contribution in [0.5, 0.6) is 0 Å². The van der Waals surface area contributed by atoms with E-state index in [-0.39, 0.29) is 62.5 Å². The first-order valence-corrected chi connectivity index (χ1v) is 19.3. The number of ether oxygens (including phenoxy) is 2. The van der Waals surface area contributed by atoms with Gasteiger partial charge < -0.3 is 57.1 Å². The number of amides is 5. The van der Waals surface area contributed by atoms with Crippen LogP contribution in [-0.4, -0.2) is 121 Å². The molecule has 18 heteroatoms. The van der Waals surface area contributed by atoms with Gasteiger partial charge in [0.05, 0.1) is 19.8 Å². The number of nitrogens with two attached hydrogens (primary N) is 1. The maximum absolute atomic E-state index is 13.5. The molecule has 1 saturated carbocycles. The number of aliphatic carboxylic acids is 3. The van der Waals surface area contributed by atoms with Gasteiger partial charge in [0.15, 0.2) is 0 Å². The van der Waals surface area contributed by atoms with Gasteiger partial charge in [0.2, 0.25) is 17.7 Å². The number of hydrogen-bond acceptors (Lipinski definition) is 10. The minimum Gasteiger partial charge on any atom is -0.481 e. The molecule has 10 N–H and O–H groups in total. The number of fused-ring (bicyclic) bond motifs is 1. The molecule has 0 radical (unpaired) electrons. The summed E-state index contributed by atoms with van der Waals surface area (Å²) < 4.78 is 10.5. The number of carboxylic acids is 3. The lowest BCUT2D eigenvalue weighted by Gasteiger charge is -2.29. The van der Waals surface area contributed by atoms with Crippen LogP contribution in [-0.2, 0) is 44.7 Å². The molecule has 0 saturated heterocycles. The van der Waals surface area contributed by atoms with Crippen LogP contribution in [0.25, 0.3) is 10.8 Å². The van der Waals surface area contributed by atoms with Gasteiger partial charge in [-0.1, -0.05) is 42.5 Å². The van der Waals surface area contributed by atoms with Crippen LogP contribution in [0.3, 0.4) is 0 Å². The molecule has 3 unspecified atom stereocenters. The molecule has 0 bridgehead atoms. The van der Waals surface area contributed by atoms with Crippen LogP contribution in [0.4, 0.5) is 4.79 Å². The molecule has 5 amide bonds. The van der Waals surface area contributed by atoms with Crippen LogP contribution < -0.4 is 32.3 Å². The third-order valence-electron chi connectivity index (χ3n) is 9.63. The predicted octanol–water partition coefficient (Wildman–Crippen LogP) is 1.14. The largest absolute Gasteiger partial charge is 0.481 e. The first-order valence-electron chi connectivity index (χ1n) is 19.3. The highest BCUT2D eigenvalue weighted by atomic mass is 16.5. The molecule has 2 aromatic rings. The van der Waals surface area contributed by atoms with Crippen molar-refractivity contribution >= 4 is 52.4 Å². The first-order chi connectivity index (χ1) is 27.4. The van der Waals surface area contributed by atoms with E-state index >= 15 is 0 Å². The molecular formula is C39H56N6O12. The number of unbranched alkanes of at least 4 members (excludes halogenated alkanes) is 1. The molecule has 3 rings (SSSR count). The van der Waals surface area contributed by atoms with Crippen molar-refractivity contribution in [2.45, 2.75) is 82.3 Å². The monoisotopic (exact) mass is 800 g/mol. The van der Waals surface area contributed by atoms with Crippen molar-refractivity contribution in [3.05, 3.63) is 48.0 Å². The van der Waals surface area contributed by atoms with Gasteiger partial charge in [0.25, 0.3) is 0 Å². The average Bonchev–Trinajstić information content (AvgIpc) is 3.18. The van der Waals surface area contributed by atoms with Crippen molar-refractivity contribution in [1.82, 2.24) is 26.6 Å². The lowest BCUT2D eigenvalue weighted by molar-refractivity contribution is -0.141. The van der Waals surface area contributed by atoms with Gasteiger partial charge in [-0.15, -0.1) is 0 Å². The van der Waals surface area contributed by atoms with Crippen LogP contribution in [0.15, 0.2) is 42.5 Å². The van der Waals surface area contributed by atoms with Crippen molar-refractivity contribution in [2.24, 2.45) is 17.6 Å². The zero-order chi connectivity index (χ0) is 41.6. The Morgan fingerprint density at radius 3 is 2.07 bits per heavy atom. The second-order valence-corrected chi connectivity index (χ2v) is 14.0. The zero-order valence-electron chi connectivity index (χ0n) is 32.0. The minimum absolute atomic E-state index is 0.0338. The van der Waals surface area contributed by atoms with Gasteiger partial charge in [-0.3, -0.25) is 19.2 Å². The second kappa shape index (κ2) is 25.0. The molecule has 18 nitrogen and oxygen atoms in total. The molecule has 2 aromatic carbocycles. The fourth-order valence-corrected chi connectivity index (χ4v) is 6.46. The van der Waals surface area contributed by atoms with Crippen LogP contribution in [0.2, 0.25) is 0 Å². The number of carbonyl (C=O) groups is 7. The molecular weight excluding hydrogens is 744 g/mol. The van der Waals surface area contributed by atoms with E-state index in [9.17, 15) is 43.8 Å². The standard InChI is InChI=1S/C39H56N6O12/c40-16-18-56-19-20-57-24-33(46)42-23-25-8-12-28(13-9-25)35(49)43-32(22-26-10-11-27-5-1-2-6-29(27)21-26)36(50)41-17-4-3-7-30(37(51)52)44-39(55)45-31(38(53)54)14-15-34(47)48/h1-2,5-6,10-11,21,25,28,30-32H,3-4,7-9,12-20,22-24,40H2,(H,41,50)(H,42,46)(H,43,49)(H,47,48)(H,51,52)(H,53,54)(H2,44,45,55). The van der Waals surface area contributed by atoms with Crippen molar-refractivity contribution in [1.29, 1.82) is 0 Å². The molecule has 1 aliphatic carbocycles. The molecule has 0 heterocycles. The Kier molecular flexibility index (Phi) is 20.2. The van der Waals surface area contributed by atoms with Gasteiger partial charge in [0, 0.05) is 38.4 Å².